The van der Waals surface area contributed by atoms with Gasteiger partial charge in [-0.15, -0.1) is 0 Å². The zero-order valence-electron chi connectivity index (χ0n) is 11.0. The van der Waals surface area contributed by atoms with Crippen LogP contribution in [0.15, 0.2) is 36.9 Å². The average Bonchev–Trinajstić information content (AvgIpc) is 2.96. The maximum Gasteiger partial charge on any atom is 0.305 e. The van der Waals surface area contributed by atoms with Crippen molar-refractivity contribution in [3.63, 3.8) is 0 Å². The first-order valence-corrected chi connectivity index (χ1v) is 6.26. The topological polar surface area (TPSA) is 90.1 Å². The minimum atomic E-state index is -0.961. The third kappa shape index (κ3) is 3.85. The first-order valence-electron chi connectivity index (χ1n) is 6.26. The molecule has 2 rings (SSSR count). The number of imidazole rings is 1. The molecule has 0 aliphatic heterocycles. The molecule has 0 aliphatic carbocycles. The van der Waals surface area contributed by atoms with Crippen LogP contribution in [0.25, 0.3) is 0 Å². The van der Waals surface area contributed by atoms with Gasteiger partial charge in [0.15, 0.2) is 0 Å². The van der Waals surface area contributed by atoms with E-state index in [1.165, 1.54) is 6.07 Å². The van der Waals surface area contributed by atoms with E-state index in [1.54, 1.807) is 12.5 Å². The highest BCUT2D eigenvalue weighted by Crippen LogP contribution is 2.18. The zero-order valence-corrected chi connectivity index (χ0v) is 11.0. The van der Waals surface area contributed by atoms with Gasteiger partial charge in [0.05, 0.1) is 11.3 Å². The number of benzene rings is 1. The Morgan fingerprint density at radius 3 is 2.95 bits per heavy atom. The van der Waals surface area contributed by atoms with Crippen LogP contribution >= 0.6 is 0 Å². The van der Waals surface area contributed by atoms with Crippen LogP contribution in [0.5, 0.6) is 0 Å². The molecule has 7 nitrogen and oxygen atoms in total. The van der Waals surface area contributed by atoms with E-state index in [2.05, 4.69) is 10.3 Å². The number of nitro groups is 1. The van der Waals surface area contributed by atoms with E-state index in [0.717, 1.165) is 12.1 Å². The molecular formula is C13H13FN4O3. The normalized spacial score (nSPS) is 10.3. The summed E-state index contributed by atoms with van der Waals surface area (Å²) in [6.07, 6.45) is 5.83. The smallest absolute Gasteiger partial charge is 0.305 e. The molecule has 1 aromatic carbocycles. The van der Waals surface area contributed by atoms with E-state index >= 15 is 0 Å². The van der Waals surface area contributed by atoms with Gasteiger partial charge in [-0.25, -0.2) is 4.98 Å². The maximum absolute atomic E-state index is 13.2. The Balaban J connectivity index is 1.88. The summed E-state index contributed by atoms with van der Waals surface area (Å²) in [6, 6.07) is 3.06. The Bertz CT molecular complexity index is 643. The first-order chi connectivity index (χ1) is 10.1. The monoisotopic (exact) mass is 292 g/mol. The van der Waals surface area contributed by atoms with Gasteiger partial charge in [-0.05, 0) is 18.6 Å². The molecule has 1 N–H and O–H groups in total. The van der Waals surface area contributed by atoms with Crippen LogP contribution in [0.4, 0.5) is 10.1 Å². The third-order valence-electron chi connectivity index (χ3n) is 2.84. The molecule has 1 heterocycles. The van der Waals surface area contributed by atoms with E-state index < -0.39 is 22.3 Å². The summed E-state index contributed by atoms with van der Waals surface area (Å²) < 4.78 is 15.0. The first kappa shape index (κ1) is 14.6. The number of halogens is 1. The summed E-state index contributed by atoms with van der Waals surface area (Å²) in [5.74, 6) is -1.43. The molecule has 0 aliphatic rings. The summed E-state index contributed by atoms with van der Waals surface area (Å²) in [5.41, 5.74) is -0.646. The van der Waals surface area contributed by atoms with Crippen molar-refractivity contribution in [3.05, 3.63) is 58.4 Å². The fourth-order valence-electron chi connectivity index (χ4n) is 1.78. The van der Waals surface area contributed by atoms with Crippen LogP contribution in [-0.4, -0.2) is 26.9 Å². The lowest BCUT2D eigenvalue weighted by atomic mass is 10.2. The average molecular weight is 292 g/mol. The molecule has 0 radical (unpaired) electrons. The number of aromatic nitrogens is 2. The van der Waals surface area contributed by atoms with Crippen LogP contribution < -0.4 is 5.32 Å². The molecule has 1 aromatic heterocycles. The number of nitrogens with zero attached hydrogens (tertiary/aromatic N) is 3. The SMILES string of the molecule is O=C(NCCCn1ccnc1)c1ccc(F)c([N+](=O)[O-])c1. The van der Waals surface area contributed by atoms with Crippen LogP contribution in [0.2, 0.25) is 0 Å². The Kier molecular flexibility index (Phi) is 4.60. The van der Waals surface area contributed by atoms with Gasteiger partial charge in [0.1, 0.15) is 0 Å². The molecule has 8 heteroatoms. The van der Waals surface area contributed by atoms with Crippen molar-refractivity contribution < 1.29 is 14.1 Å². The molecule has 0 bridgehead atoms. The van der Waals surface area contributed by atoms with Crippen molar-refractivity contribution in [1.82, 2.24) is 14.9 Å². The molecule has 0 saturated heterocycles. The summed E-state index contributed by atoms with van der Waals surface area (Å²) in [7, 11) is 0. The van der Waals surface area contributed by atoms with Crippen LogP contribution in [-0.2, 0) is 6.54 Å². The Morgan fingerprint density at radius 2 is 2.29 bits per heavy atom. The summed E-state index contributed by atoms with van der Waals surface area (Å²) in [5, 5.41) is 13.2. The van der Waals surface area contributed by atoms with Crippen molar-refractivity contribution in [2.45, 2.75) is 13.0 Å². The second-order valence-electron chi connectivity index (χ2n) is 4.33. The van der Waals surface area contributed by atoms with Crippen molar-refractivity contribution >= 4 is 11.6 Å². The number of aryl methyl sites for hydroxylation is 1. The van der Waals surface area contributed by atoms with Crippen molar-refractivity contribution in [2.24, 2.45) is 0 Å². The minimum Gasteiger partial charge on any atom is -0.352 e. The summed E-state index contributed by atoms with van der Waals surface area (Å²) in [6.45, 7) is 1.10. The van der Waals surface area contributed by atoms with Gasteiger partial charge in [0.2, 0.25) is 5.82 Å². The summed E-state index contributed by atoms with van der Waals surface area (Å²) in [4.78, 5) is 25.5. The molecule has 0 unspecified atom stereocenters. The van der Waals surface area contributed by atoms with Crippen LogP contribution in [0.1, 0.15) is 16.8 Å². The molecule has 2 aromatic rings. The number of nitro benzene ring substituents is 1. The second kappa shape index (κ2) is 6.60. The van der Waals surface area contributed by atoms with Gasteiger partial charge >= 0.3 is 5.69 Å². The predicted molar refractivity (Wildman–Crippen MR) is 72.2 cm³/mol. The minimum absolute atomic E-state index is 0.0609. The quantitative estimate of drug-likeness (QED) is 0.499. The van der Waals surface area contributed by atoms with Gasteiger partial charge < -0.3 is 9.88 Å². The number of amides is 1. The molecule has 21 heavy (non-hydrogen) atoms. The highest BCUT2D eigenvalue weighted by atomic mass is 19.1. The number of hydrogen-bond donors (Lipinski definition) is 1. The standard InChI is InChI=1S/C13H13FN4O3/c14-11-3-2-10(8-12(11)18(20)21)13(19)16-4-1-6-17-7-5-15-9-17/h2-3,5,7-9H,1,4,6H2,(H,16,19). The molecule has 1 amide bonds. The molecule has 110 valence electrons. The van der Waals surface area contributed by atoms with E-state index in [4.69, 9.17) is 0 Å². The molecular weight excluding hydrogens is 279 g/mol. The molecule has 0 atom stereocenters. The highest BCUT2D eigenvalue weighted by molar-refractivity contribution is 5.94. The Hall–Kier alpha value is -2.77. The Labute approximate surface area is 119 Å². The van der Waals surface area contributed by atoms with Crippen LogP contribution in [0, 0.1) is 15.9 Å². The highest BCUT2D eigenvalue weighted by Gasteiger charge is 2.17. The van der Waals surface area contributed by atoms with Gasteiger partial charge in [0, 0.05) is 37.1 Å². The van der Waals surface area contributed by atoms with Crippen molar-refractivity contribution in [3.8, 4) is 0 Å². The van der Waals surface area contributed by atoms with Crippen molar-refractivity contribution in [2.75, 3.05) is 6.54 Å². The lowest BCUT2D eigenvalue weighted by Gasteiger charge is -2.06. The number of rotatable bonds is 6. The van der Waals surface area contributed by atoms with Crippen molar-refractivity contribution in [1.29, 1.82) is 0 Å². The Morgan fingerprint density at radius 1 is 1.48 bits per heavy atom. The van der Waals surface area contributed by atoms with Gasteiger partial charge in [-0.3, -0.25) is 14.9 Å². The van der Waals surface area contributed by atoms with E-state index in [1.807, 2.05) is 10.8 Å². The fourth-order valence-corrected chi connectivity index (χ4v) is 1.78. The van der Waals surface area contributed by atoms with Gasteiger partial charge in [-0.1, -0.05) is 0 Å². The molecule has 0 spiro atoms. The predicted octanol–water partition coefficient (Wildman–Crippen LogP) is 1.75. The second-order valence-corrected chi connectivity index (χ2v) is 4.33. The number of nitrogens with one attached hydrogen (secondary N) is 1. The summed E-state index contributed by atoms with van der Waals surface area (Å²) >= 11 is 0. The van der Waals surface area contributed by atoms with Crippen LogP contribution in [0.3, 0.4) is 0 Å². The van der Waals surface area contributed by atoms with E-state index in [0.29, 0.717) is 19.5 Å². The zero-order chi connectivity index (χ0) is 15.2. The molecule has 0 saturated carbocycles. The maximum atomic E-state index is 13.2. The lowest BCUT2D eigenvalue weighted by Crippen LogP contribution is -2.25. The number of carbonyl (C=O) groups excluding carboxylic acids is 1. The number of hydrogen-bond acceptors (Lipinski definition) is 4. The van der Waals surface area contributed by atoms with E-state index in [-0.39, 0.29) is 5.56 Å². The third-order valence-corrected chi connectivity index (χ3v) is 2.84. The van der Waals surface area contributed by atoms with Gasteiger partial charge in [0.25, 0.3) is 5.91 Å². The molecule has 0 fully saturated rings. The van der Waals surface area contributed by atoms with Gasteiger partial charge in [-0.2, -0.15) is 4.39 Å². The van der Waals surface area contributed by atoms with E-state index in [9.17, 15) is 19.3 Å². The number of carbonyl (C=O) groups is 1. The lowest BCUT2D eigenvalue weighted by molar-refractivity contribution is -0.387. The fraction of sp³-hybridized carbons (Fsp3) is 0.231. The largest absolute Gasteiger partial charge is 0.352 e.